The quantitative estimate of drug-likeness (QED) is 0.923. The molecule has 0 saturated heterocycles. The van der Waals surface area contributed by atoms with E-state index < -0.39 is 12.1 Å². The highest BCUT2D eigenvalue weighted by molar-refractivity contribution is 6.45. The van der Waals surface area contributed by atoms with Crippen LogP contribution in [0.1, 0.15) is 50.9 Å². The molecule has 1 aliphatic rings. The number of rotatable bonds is 4. The van der Waals surface area contributed by atoms with E-state index in [9.17, 15) is 15.2 Å². The minimum Gasteiger partial charge on any atom is -0.369 e. The van der Waals surface area contributed by atoms with Crippen molar-refractivity contribution in [3.63, 3.8) is 0 Å². The molecule has 0 bridgehead atoms. The van der Waals surface area contributed by atoms with Crippen molar-refractivity contribution in [1.29, 1.82) is 5.26 Å². The van der Waals surface area contributed by atoms with Gasteiger partial charge in [-0.3, -0.25) is 9.69 Å². The Hall–Kier alpha value is -1.84. The van der Waals surface area contributed by atoms with Crippen LogP contribution in [0.3, 0.4) is 0 Å². The molecular weight excluding hydrogens is 294 g/mol. The third kappa shape index (κ3) is 2.43. The fourth-order valence-corrected chi connectivity index (χ4v) is 2.58. The topological polar surface area (TPSA) is 90.4 Å². The Labute approximate surface area is 127 Å². The Morgan fingerprint density at radius 3 is 2.76 bits per heavy atom. The van der Waals surface area contributed by atoms with E-state index in [0.717, 1.165) is 11.3 Å². The van der Waals surface area contributed by atoms with Gasteiger partial charge in [-0.25, -0.2) is 0 Å². The fourth-order valence-electron chi connectivity index (χ4n) is 2.30. The Morgan fingerprint density at radius 1 is 1.57 bits per heavy atom. The highest BCUT2D eigenvalue weighted by Crippen LogP contribution is 2.37. The Morgan fingerprint density at radius 2 is 2.24 bits per heavy atom. The van der Waals surface area contributed by atoms with E-state index in [1.807, 2.05) is 26.8 Å². The zero-order chi connectivity index (χ0) is 15.7. The molecule has 1 unspecified atom stereocenters. The zero-order valence-corrected chi connectivity index (χ0v) is 12.8. The smallest absolute Gasteiger partial charge is 0.273 e. The number of amides is 1. The molecule has 2 heterocycles. The van der Waals surface area contributed by atoms with Gasteiger partial charge < -0.3 is 9.63 Å². The molecule has 2 rings (SSSR count). The standard InChI is InChI=1S/C14H16ClN3O3/c1-4-5-8-10(15)14(20)18(13(8)19)12-9(6-16)11(7(2)3)21-17-12/h7,13,19H,4-5H2,1-3H3. The molecule has 0 aromatic carbocycles. The van der Waals surface area contributed by atoms with Crippen LogP contribution in [0.4, 0.5) is 5.82 Å². The van der Waals surface area contributed by atoms with Crippen LogP contribution in [0.2, 0.25) is 0 Å². The van der Waals surface area contributed by atoms with Gasteiger partial charge in [0, 0.05) is 11.5 Å². The first-order valence-electron chi connectivity index (χ1n) is 6.73. The summed E-state index contributed by atoms with van der Waals surface area (Å²) in [7, 11) is 0. The number of nitrogens with zero attached hydrogens (tertiary/aromatic N) is 3. The first-order valence-corrected chi connectivity index (χ1v) is 7.11. The summed E-state index contributed by atoms with van der Waals surface area (Å²) in [5.74, 6) is -0.225. The van der Waals surface area contributed by atoms with Gasteiger partial charge in [-0.1, -0.05) is 43.9 Å². The number of carbonyl (C=O) groups is 1. The summed E-state index contributed by atoms with van der Waals surface area (Å²) in [5.41, 5.74) is 0.599. The predicted octanol–water partition coefficient (Wildman–Crippen LogP) is 2.63. The average molecular weight is 310 g/mol. The summed E-state index contributed by atoms with van der Waals surface area (Å²) in [6, 6.07) is 1.98. The van der Waals surface area contributed by atoms with E-state index in [2.05, 4.69) is 5.16 Å². The van der Waals surface area contributed by atoms with Crippen LogP contribution >= 0.6 is 11.6 Å². The second-order valence-corrected chi connectivity index (χ2v) is 5.53. The van der Waals surface area contributed by atoms with Gasteiger partial charge in [-0.2, -0.15) is 5.26 Å². The van der Waals surface area contributed by atoms with Crippen molar-refractivity contribution in [2.24, 2.45) is 0 Å². The lowest BCUT2D eigenvalue weighted by atomic mass is 10.1. The molecule has 1 aliphatic heterocycles. The van der Waals surface area contributed by atoms with Crippen LogP contribution in [-0.2, 0) is 4.79 Å². The number of aliphatic hydroxyl groups excluding tert-OH is 1. The monoisotopic (exact) mass is 309 g/mol. The number of nitriles is 1. The summed E-state index contributed by atoms with van der Waals surface area (Å²) >= 11 is 6.00. The summed E-state index contributed by atoms with van der Waals surface area (Å²) in [6.07, 6.45) is 0.0337. The van der Waals surface area contributed by atoms with Crippen LogP contribution in [0.5, 0.6) is 0 Å². The molecule has 0 fully saturated rings. The second-order valence-electron chi connectivity index (χ2n) is 5.15. The largest absolute Gasteiger partial charge is 0.369 e. The van der Waals surface area contributed by atoms with Crippen molar-refractivity contribution < 1.29 is 14.4 Å². The molecule has 7 heteroatoms. The first kappa shape index (κ1) is 15.5. The minimum absolute atomic E-state index is 0.0117. The predicted molar refractivity (Wildman–Crippen MR) is 76.6 cm³/mol. The lowest BCUT2D eigenvalue weighted by Crippen LogP contribution is -2.36. The van der Waals surface area contributed by atoms with Crippen LogP contribution in [0.15, 0.2) is 15.1 Å². The summed E-state index contributed by atoms with van der Waals surface area (Å²) in [6.45, 7) is 5.62. The third-order valence-corrected chi connectivity index (χ3v) is 3.73. The number of hydrogen-bond donors (Lipinski definition) is 1. The SMILES string of the molecule is CCCC1=C(Cl)C(=O)N(c2noc(C(C)C)c2C#N)C1O. The molecule has 1 amide bonds. The molecule has 0 spiro atoms. The molecule has 112 valence electrons. The maximum atomic E-state index is 12.2. The average Bonchev–Trinajstić information content (AvgIpc) is 2.94. The maximum Gasteiger partial charge on any atom is 0.273 e. The molecule has 1 aromatic heterocycles. The third-order valence-electron chi connectivity index (χ3n) is 3.33. The number of aliphatic hydroxyl groups is 1. The normalized spacial score (nSPS) is 18.8. The molecule has 21 heavy (non-hydrogen) atoms. The van der Waals surface area contributed by atoms with Gasteiger partial charge >= 0.3 is 0 Å². The lowest BCUT2D eigenvalue weighted by molar-refractivity contribution is -0.115. The van der Waals surface area contributed by atoms with E-state index in [4.69, 9.17) is 16.1 Å². The van der Waals surface area contributed by atoms with Crippen molar-refractivity contribution in [3.05, 3.63) is 21.9 Å². The highest BCUT2D eigenvalue weighted by atomic mass is 35.5. The maximum absolute atomic E-state index is 12.2. The van der Waals surface area contributed by atoms with E-state index >= 15 is 0 Å². The molecule has 1 atom stereocenters. The molecular formula is C14H16ClN3O3. The van der Waals surface area contributed by atoms with E-state index in [-0.39, 0.29) is 22.3 Å². The van der Waals surface area contributed by atoms with Crippen molar-refractivity contribution in [2.75, 3.05) is 4.90 Å². The minimum atomic E-state index is -1.21. The number of anilines is 1. The molecule has 0 aliphatic carbocycles. The Bertz CT molecular complexity index is 642. The Kier molecular flexibility index (Phi) is 4.35. The van der Waals surface area contributed by atoms with Crippen molar-refractivity contribution in [3.8, 4) is 6.07 Å². The van der Waals surface area contributed by atoms with Crippen molar-refractivity contribution in [1.82, 2.24) is 5.16 Å². The summed E-state index contributed by atoms with van der Waals surface area (Å²) in [4.78, 5) is 13.2. The van der Waals surface area contributed by atoms with E-state index in [1.165, 1.54) is 0 Å². The highest BCUT2D eigenvalue weighted by Gasteiger charge is 2.41. The number of hydrogen-bond acceptors (Lipinski definition) is 5. The van der Waals surface area contributed by atoms with Crippen LogP contribution in [-0.4, -0.2) is 22.4 Å². The first-order chi connectivity index (χ1) is 9.93. The van der Waals surface area contributed by atoms with Gasteiger partial charge in [0.25, 0.3) is 5.91 Å². The molecule has 1 N–H and O–H groups in total. The van der Waals surface area contributed by atoms with Gasteiger partial charge in [0.15, 0.2) is 17.8 Å². The second kappa shape index (κ2) is 5.88. The fraction of sp³-hybridized carbons (Fsp3) is 0.500. The van der Waals surface area contributed by atoms with Crippen molar-refractivity contribution in [2.45, 2.75) is 45.8 Å². The van der Waals surface area contributed by atoms with Crippen LogP contribution in [0.25, 0.3) is 0 Å². The van der Waals surface area contributed by atoms with Gasteiger partial charge in [0.1, 0.15) is 16.7 Å². The van der Waals surface area contributed by atoms with Crippen molar-refractivity contribution >= 4 is 23.3 Å². The number of carbonyl (C=O) groups excluding carboxylic acids is 1. The molecule has 1 aromatic rings. The lowest BCUT2D eigenvalue weighted by Gasteiger charge is -2.19. The number of aromatic nitrogens is 1. The van der Waals surface area contributed by atoms with Gasteiger partial charge in [0.2, 0.25) is 0 Å². The van der Waals surface area contributed by atoms with E-state index in [1.54, 1.807) is 0 Å². The van der Waals surface area contributed by atoms with Crippen LogP contribution < -0.4 is 4.90 Å². The zero-order valence-electron chi connectivity index (χ0n) is 12.1. The summed E-state index contributed by atoms with van der Waals surface area (Å²) < 4.78 is 5.15. The Balaban J connectivity index is 2.46. The molecule has 0 saturated carbocycles. The summed E-state index contributed by atoms with van der Waals surface area (Å²) in [5, 5.41) is 23.4. The van der Waals surface area contributed by atoms with Gasteiger partial charge in [-0.05, 0) is 6.42 Å². The molecule has 6 nitrogen and oxygen atoms in total. The van der Waals surface area contributed by atoms with Gasteiger partial charge in [0.05, 0.1) is 0 Å². The molecule has 0 radical (unpaired) electrons. The van der Waals surface area contributed by atoms with E-state index in [0.29, 0.717) is 17.8 Å². The number of halogens is 1. The van der Waals surface area contributed by atoms with Crippen LogP contribution in [0, 0.1) is 11.3 Å². The van der Waals surface area contributed by atoms with Gasteiger partial charge in [-0.15, -0.1) is 0 Å².